The van der Waals surface area contributed by atoms with Crippen molar-refractivity contribution in [3.8, 4) is 0 Å². The number of carboxylic acids is 1. The molecule has 0 spiro atoms. The summed E-state index contributed by atoms with van der Waals surface area (Å²) < 4.78 is 24.0. The molecule has 0 unspecified atom stereocenters. The zero-order chi connectivity index (χ0) is 22.5. The highest BCUT2D eigenvalue weighted by atomic mass is 32.2. The molecule has 4 N–H and O–H groups in total. The minimum Gasteiger partial charge on any atom is -0.480 e. The number of aliphatic imine (C=N–C) groups is 1. The fraction of sp³-hybridized carbons (Fsp3) is 0.412. The molecule has 164 valence electrons. The molecule has 1 aliphatic rings. The highest BCUT2D eigenvalue weighted by Crippen LogP contribution is 2.18. The average molecular weight is 458 g/mol. The first kappa shape index (κ1) is 25.0. The van der Waals surface area contributed by atoms with Crippen LogP contribution in [0.2, 0.25) is 0 Å². The number of amides is 2. The molecule has 2 amide bonds. The molecule has 30 heavy (non-hydrogen) atoms. The molecule has 0 aliphatic carbocycles. The monoisotopic (exact) mass is 457 g/mol. The fourth-order valence-electron chi connectivity index (χ4n) is 2.23. The van der Waals surface area contributed by atoms with Crippen LogP contribution >= 0.6 is 11.3 Å². The SMILES string of the molecule is C=C.O=C(CCc1ccc(C(=O)NC[C@H](N=S(=O)=O)C(=O)O)s1)NC1=NCCCN1. The highest BCUT2D eigenvalue weighted by molar-refractivity contribution is 7.61. The number of carbonyl (C=O) groups excluding carboxylic acids is 2. The number of rotatable bonds is 8. The Morgan fingerprint density at radius 2 is 2.07 bits per heavy atom. The van der Waals surface area contributed by atoms with Crippen molar-refractivity contribution in [3.05, 3.63) is 35.0 Å². The lowest BCUT2D eigenvalue weighted by Gasteiger charge is -2.14. The number of aryl methyl sites for hydroxylation is 1. The molecule has 0 fully saturated rings. The van der Waals surface area contributed by atoms with Gasteiger partial charge in [-0.2, -0.15) is 12.8 Å². The van der Waals surface area contributed by atoms with E-state index in [4.69, 9.17) is 5.11 Å². The zero-order valence-corrected chi connectivity index (χ0v) is 17.7. The molecule has 0 bridgehead atoms. The number of thiophene rings is 1. The average Bonchev–Trinajstić information content (AvgIpc) is 3.20. The summed E-state index contributed by atoms with van der Waals surface area (Å²) in [6.07, 6.45) is 1.58. The van der Waals surface area contributed by atoms with Crippen LogP contribution in [-0.2, 0) is 26.5 Å². The normalized spacial score (nSPS) is 13.4. The van der Waals surface area contributed by atoms with Gasteiger partial charge < -0.3 is 15.7 Å². The molecule has 1 atom stereocenters. The van der Waals surface area contributed by atoms with Gasteiger partial charge in [0.1, 0.15) is 0 Å². The number of hydrogen-bond acceptors (Lipinski definition) is 9. The topological polar surface area (TPSA) is 166 Å². The second-order valence-corrected chi connectivity index (χ2v) is 7.52. The first-order chi connectivity index (χ1) is 14.3. The van der Waals surface area contributed by atoms with Crippen molar-refractivity contribution >= 4 is 45.6 Å². The molecule has 0 saturated carbocycles. The molecular weight excluding hydrogens is 434 g/mol. The summed E-state index contributed by atoms with van der Waals surface area (Å²) in [5.74, 6) is -1.72. The summed E-state index contributed by atoms with van der Waals surface area (Å²) in [6.45, 7) is 6.99. The summed E-state index contributed by atoms with van der Waals surface area (Å²) in [5.41, 5.74) is 0. The Hall–Kier alpha value is -3.06. The molecule has 1 aromatic rings. The number of carboxylic acid groups (broad SMARTS) is 1. The number of hydrogen-bond donors (Lipinski definition) is 4. The fourth-order valence-corrected chi connectivity index (χ4v) is 3.53. The van der Waals surface area contributed by atoms with Gasteiger partial charge in [0, 0.05) is 24.4 Å². The summed E-state index contributed by atoms with van der Waals surface area (Å²) in [6, 6.07) is 1.68. The molecule has 0 saturated heterocycles. The van der Waals surface area contributed by atoms with Gasteiger partial charge in [0.25, 0.3) is 5.91 Å². The van der Waals surface area contributed by atoms with Gasteiger partial charge in [-0.1, -0.05) is 0 Å². The maximum Gasteiger partial charge on any atom is 0.331 e. The first-order valence-electron chi connectivity index (χ1n) is 8.83. The van der Waals surface area contributed by atoms with E-state index in [1.165, 1.54) is 11.3 Å². The van der Waals surface area contributed by atoms with E-state index in [9.17, 15) is 22.8 Å². The van der Waals surface area contributed by atoms with Gasteiger partial charge in [0.2, 0.25) is 5.91 Å². The molecule has 13 heteroatoms. The Morgan fingerprint density at radius 3 is 2.67 bits per heavy atom. The molecule has 1 aliphatic heterocycles. The molecule has 1 aromatic heterocycles. The van der Waals surface area contributed by atoms with Gasteiger partial charge in [-0.05, 0) is 25.0 Å². The molecular formula is C17H23N5O6S2. The lowest BCUT2D eigenvalue weighted by molar-refractivity contribution is -0.138. The van der Waals surface area contributed by atoms with Crippen molar-refractivity contribution < 1.29 is 27.9 Å². The largest absolute Gasteiger partial charge is 0.480 e. The van der Waals surface area contributed by atoms with E-state index < -0.39 is 35.0 Å². The summed E-state index contributed by atoms with van der Waals surface area (Å²) in [7, 11) is -2.89. The first-order valence-corrected chi connectivity index (χ1v) is 10.7. The van der Waals surface area contributed by atoms with Gasteiger partial charge in [-0.25, -0.2) is 4.79 Å². The number of guanidine groups is 1. The number of nitrogens with one attached hydrogen (secondary N) is 3. The van der Waals surface area contributed by atoms with Crippen LogP contribution in [0.4, 0.5) is 0 Å². The van der Waals surface area contributed by atoms with Gasteiger partial charge in [-0.15, -0.1) is 24.5 Å². The van der Waals surface area contributed by atoms with E-state index in [1.54, 1.807) is 12.1 Å². The van der Waals surface area contributed by atoms with E-state index in [2.05, 4.69) is 38.5 Å². The minimum absolute atomic E-state index is 0.191. The molecule has 2 heterocycles. The number of carbonyl (C=O) groups is 3. The van der Waals surface area contributed by atoms with Crippen molar-refractivity contribution in [3.63, 3.8) is 0 Å². The number of nitrogens with zero attached hydrogens (tertiary/aromatic N) is 2. The van der Waals surface area contributed by atoms with Crippen LogP contribution in [-0.4, -0.2) is 62.9 Å². The molecule has 2 rings (SSSR count). The molecule has 0 aromatic carbocycles. The van der Waals surface area contributed by atoms with Crippen LogP contribution < -0.4 is 16.0 Å². The maximum atomic E-state index is 12.1. The van der Waals surface area contributed by atoms with Gasteiger partial charge in [0.05, 0.1) is 11.4 Å². The van der Waals surface area contributed by atoms with Crippen LogP contribution in [0.15, 0.2) is 34.6 Å². The van der Waals surface area contributed by atoms with Crippen molar-refractivity contribution in [2.75, 3.05) is 19.6 Å². The van der Waals surface area contributed by atoms with Crippen molar-refractivity contribution in [1.29, 1.82) is 0 Å². The van der Waals surface area contributed by atoms with E-state index in [0.717, 1.165) is 17.8 Å². The zero-order valence-electron chi connectivity index (χ0n) is 16.1. The third kappa shape index (κ3) is 8.96. The summed E-state index contributed by atoms with van der Waals surface area (Å²) in [5, 5.41) is 16.9. The Labute approximate surface area is 179 Å². The third-order valence-corrected chi connectivity index (χ3v) is 5.16. The van der Waals surface area contributed by atoms with Crippen molar-refractivity contribution in [2.24, 2.45) is 9.36 Å². The second kappa shape index (κ2) is 13.2. The Morgan fingerprint density at radius 1 is 1.33 bits per heavy atom. The van der Waals surface area contributed by atoms with Crippen molar-refractivity contribution in [1.82, 2.24) is 16.0 Å². The summed E-state index contributed by atoms with van der Waals surface area (Å²) >= 11 is 1.17. The van der Waals surface area contributed by atoms with Crippen LogP contribution in [0.3, 0.4) is 0 Å². The van der Waals surface area contributed by atoms with Gasteiger partial charge in [-0.3, -0.25) is 19.9 Å². The number of aliphatic carboxylic acids is 1. The quantitative estimate of drug-likeness (QED) is 0.404. The van der Waals surface area contributed by atoms with E-state index >= 15 is 0 Å². The lowest BCUT2D eigenvalue weighted by atomic mass is 10.2. The minimum atomic E-state index is -2.89. The lowest BCUT2D eigenvalue weighted by Crippen LogP contribution is -2.43. The van der Waals surface area contributed by atoms with E-state index in [-0.39, 0.29) is 12.3 Å². The Kier molecular flexibility index (Phi) is 11.0. The predicted molar refractivity (Wildman–Crippen MR) is 112 cm³/mol. The van der Waals surface area contributed by atoms with E-state index in [0.29, 0.717) is 23.8 Å². The second-order valence-electron chi connectivity index (χ2n) is 5.71. The Bertz CT molecular complexity index is 917. The predicted octanol–water partition coefficient (Wildman–Crippen LogP) is 0.194. The van der Waals surface area contributed by atoms with Crippen LogP contribution in [0.25, 0.3) is 0 Å². The smallest absolute Gasteiger partial charge is 0.331 e. The standard InChI is InChI=1S/C15H19N5O6S2.C2H4/c21-12(19-15-16-6-1-7-17-15)5-3-9-2-4-11(27-9)13(22)18-8-10(14(23)24)20-28(25)26;1-2/h2,4,10H,1,3,5-8H2,(H,18,22)(H,23,24)(H2,16,17,19,21);1-2H2/t10-;/m0./s1. The maximum absolute atomic E-state index is 12.1. The highest BCUT2D eigenvalue weighted by Gasteiger charge is 2.19. The van der Waals surface area contributed by atoms with Crippen LogP contribution in [0.1, 0.15) is 27.4 Å². The van der Waals surface area contributed by atoms with E-state index in [1.807, 2.05) is 0 Å². The van der Waals surface area contributed by atoms with Gasteiger partial charge in [0.15, 0.2) is 12.0 Å². The van der Waals surface area contributed by atoms with Gasteiger partial charge >= 0.3 is 16.5 Å². The molecule has 11 nitrogen and oxygen atoms in total. The Balaban J connectivity index is 0.00000218. The molecule has 0 radical (unpaired) electrons. The van der Waals surface area contributed by atoms with Crippen molar-refractivity contribution in [2.45, 2.75) is 25.3 Å². The van der Waals surface area contributed by atoms with Crippen LogP contribution in [0.5, 0.6) is 0 Å². The summed E-state index contributed by atoms with van der Waals surface area (Å²) in [4.78, 5) is 40.2. The van der Waals surface area contributed by atoms with Crippen LogP contribution in [0, 0.1) is 0 Å². The third-order valence-electron chi connectivity index (χ3n) is 3.59.